The molecule has 1 atom stereocenters. The van der Waals surface area contributed by atoms with Crippen molar-refractivity contribution in [3.63, 3.8) is 0 Å². The van der Waals surface area contributed by atoms with Gasteiger partial charge in [-0.1, -0.05) is 13.8 Å². The third kappa shape index (κ3) is 3.06. The molecule has 0 aliphatic carbocycles. The fraction of sp³-hybridized carbons (Fsp3) is 0.471. The third-order valence-corrected chi connectivity index (χ3v) is 4.27. The van der Waals surface area contributed by atoms with Crippen molar-refractivity contribution in [2.24, 2.45) is 13.0 Å². The minimum Gasteiger partial charge on any atom is -0.349 e. The Morgan fingerprint density at radius 2 is 2.21 bits per heavy atom. The first-order chi connectivity index (χ1) is 11.5. The second-order valence-corrected chi connectivity index (χ2v) is 6.60. The molecule has 1 aliphatic rings. The van der Waals surface area contributed by atoms with Gasteiger partial charge in [-0.15, -0.1) is 0 Å². The van der Waals surface area contributed by atoms with Crippen molar-refractivity contribution in [2.45, 2.75) is 26.4 Å². The number of aryl methyl sites for hydroxylation is 1. The number of nitrogens with zero attached hydrogens (tertiary/aromatic N) is 4. The average Bonchev–Trinajstić information content (AvgIpc) is 3.16. The van der Waals surface area contributed by atoms with Crippen molar-refractivity contribution in [2.75, 3.05) is 13.1 Å². The van der Waals surface area contributed by atoms with Gasteiger partial charge in [0, 0.05) is 39.1 Å². The van der Waals surface area contributed by atoms with E-state index in [-0.39, 0.29) is 17.9 Å². The van der Waals surface area contributed by atoms with Gasteiger partial charge in [-0.25, -0.2) is 0 Å². The molecule has 3 rings (SSSR count). The van der Waals surface area contributed by atoms with Gasteiger partial charge in [0.2, 0.25) is 0 Å². The first-order valence-corrected chi connectivity index (χ1v) is 8.19. The number of fused-ring (bicyclic) bond motifs is 1. The fourth-order valence-corrected chi connectivity index (χ4v) is 3.10. The molecule has 0 aromatic carbocycles. The second kappa shape index (κ2) is 6.51. The van der Waals surface area contributed by atoms with Gasteiger partial charge in [0.1, 0.15) is 11.4 Å². The minimum absolute atomic E-state index is 0.0275. The maximum absolute atomic E-state index is 12.7. The van der Waals surface area contributed by atoms with Crippen molar-refractivity contribution in [3.05, 3.63) is 42.0 Å². The maximum Gasteiger partial charge on any atom is 0.270 e. The predicted molar refractivity (Wildman–Crippen MR) is 89.6 cm³/mol. The van der Waals surface area contributed by atoms with Crippen LogP contribution in [0.1, 0.15) is 34.8 Å². The molecule has 0 radical (unpaired) electrons. The van der Waals surface area contributed by atoms with Crippen LogP contribution in [0.4, 0.5) is 0 Å². The van der Waals surface area contributed by atoms with E-state index in [1.54, 1.807) is 19.3 Å². The molecule has 7 heteroatoms. The lowest BCUT2D eigenvalue weighted by atomic mass is 10.1. The summed E-state index contributed by atoms with van der Waals surface area (Å²) in [5.41, 5.74) is 1.22. The highest BCUT2D eigenvalue weighted by Crippen LogP contribution is 2.19. The lowest BCUT2D eigenvalue weighted by Gasteiger charge is -2.37. The SMILES string of the molecule is CC(C)CN1C(=O)c2cccn2CC1CNC(=O)c1ccnn1C. The number of amides is 2. The molecule has 24 heavy (non-hydrogen) atoms. The van der Waals surface area contributed by atoms with Gasteiger partial charge in [0.15, 0.2) is 0 Å². The molecule has 2 aromatic heterocycles. The molecule has 1 N–H and O–H groups in total. The molecule has 0 saturated carbocycles. The molecule has 0 saturated heterocycles. The Bertz CT molecular complexity index is 746. The monoisotopic (exact) mass is 329 g/mol. The summed E-state index contributed by atoms with van der Waals surface area (Å²) >= 11 is 0. The number of nitrogens with one attached hydrogen (secondary N) is 1. The number of rotatable bonds is 5. The first-order valence-electron chi connectivity index (χ1n) is 8.19. The standard InChI is InChI=1S/C17H23N5O2/c1-12(2)10-22-13(11-21-8-4-5-15(21)17(22)24)9-18-16(23)14-6-7-19-20(14)3/h4-8,12-13H,9-11H2,1-3H3,(H,18,23). The minimum atomic E-state index is -0.176. The Morgan fingerprint density at radius 1 is 1.42 bits per heavy atom. The predicted octanol–water partition coefficient (Wildman–Crippen LogP) is 1.13. The highest BCUT2D eigenvalue weighted by Gasteiger charge is 2.32. The zero-order valence-corrected chi connectivity index (χ0v) is 14.3. The van der Waals surface area contributed by atoms with Crippen molar-refractivity contribution in [3.8, 4) is 0 Å². The summed E-state index contributed by atoms with van der Waals surface area (Å²) in [6, 6.07) is 5.35. The molecule has 1 aliphatic heterocycles. The van der Waals surface area contributed by atoms with Crippen LogP contribution in [0.25, 0.3) is 0 Å². The molecular formula is C17H23N5O2. The van der Waals surface area contributed by atoms with E-state index in [0.717, 1.165) is 0 Å². The largest absolute Gasteiger partial charge is 0.349 e. The smallest absolute Gasteiger partial charge is 0.270 e. The summed E-state index contributed by atoms with van der Waals surface area (Å²) in [6.07, 6.45) is 3.51. The molecule has 1 unspecified atom stereocenters. The zero-order chi connectivity index (χ0) is 17.3. The van der Waals surface area contributed by atoms with Crippen LogP contribution in [-0.2, 0) is 13.6 Å². The highest BCUT2D eigenvalue weighted by molar-refractivity contribution is 5.94. The summed E-state index contributed by atoms with van der Waals surface area (Å²) in [5, 5.41) is 6.94. The molecule has 3 heterocycles. The van der Waals surface area contributed by atoms with Gasteiger partial charge in [0.25, 0.3) is 11.8 Å². The van der Waals surface area contributed by atoms with Crippen molar-refractivity contribution in [1.82, 2.24) is 24.6 Å². The van der Waals surface area contributed by atoms with Crippen LogP contribution in [0.3, 0.4) is 0 Å². The van der Waals surface area contributed by atoms with E-state index in [2.05, 4.69) is 24.3 Å². The van der Waals surface area contributed by atoms with E-state index in [9.17, 15) is 9.59 Å². The van der Waals surface area contributed by atoms with Crippen LogP contribution in [0.5, 0.6) is 0 Å². The first kappa shape index (κ1) is 16.3. The van der Waals surface area contributed by atoms with Gasteiger partial charge in [-0.2, -0.15) is 5.10 Å². The Balaban J connectivity index is 1.74. The molecule has 0 fully saturated rings. The van der Waals surface area contributed by atoms with E-state index in [4.69, 9.17) is 0 Å². The van der Waals surface area contributed by atoms with Crippen LogP contribution >= 0.6 is 0 Å². The third-order valence-electron chi connectivity index (χ3n) is 4.27. The van der Waals surface area contributed by atoms with Crippen molar-refractivity contribution in [1.29, 1.82) is 0 Å². The van der Waals surface area contributed by atoms with Crippen molar-refractivity contribution < 1.29 is 9.59 Å². The Kier molecular flexibility index (Phi) is 4.42. The summed E-state index contributed by atoms with van der Waals surface area (Å²) in [7, 11) is 1.73. The molecular weight excluding hydrogens is 306 g/mol. The molecule has 0 bridgehead atoms. The maximum atomic E-state index is 12.7. The lowest BCUT2D eigenvalue weighted by Crippen LogP contribution is -2.53. The molecule has 0 spiro atoms. The van der Waals surface area contributed by atoms with Gasteiger partial charge in [-0.05, 0) is 24.1 Å². The van der Waals surface area contributed by atoms with E-state index in [0.29, 0.717) is 36.9 Å². The number of carbonyl (C=O) groups excluding carboxylic acids is 2. The normalized spacial score (nSPS) is 17.2. The number of aromatic nitrogens is 3. The molecule has 2 amide bonds. The number of hydrogen-bond acceptors (Lipinski definition) is 3. The van der Waals surface area contributed by atoms with Crippen LogP contribution < -0.4 is 5.32 Å². The van der Waals surface area contributed by atoms with Crippen LogP contribution in [0.15, 0.2) is 30.6 Å². The van der Waals surface area contributed by atoms with Crippen LogP contribution in [0.2, 0.25) is 0 Å². The quantitative estimate of drug-likeness (QED) is 0.894. The molecule has 128 valence electrons. The van der Waals surface area contributed by atoms with E-state index >= 15 is 0 Å². The van der Waals surface area contributed by atoms with Gasteiger partial charge in [-0.3, -0.25) is 14.3 Å². The molecule has 2 aromatic rings. The summed E-state index contributed by atoms with van der Waals surface area (Å²) in [6.45, 7) is 5.96. The Labute approximate surface area is 141 Å². The lowest BCUT2D eigenvalue weighted by molar-refractivity contribution is 0.0553. The van der Waals surface area contributed by atoms with Gasteiger partial charge >= 0.3 is 0 Å². The zero-order valence-electron chi connectivity index (χ0n) is 14.3. The number of carbonyl (C=O) groups is 2. The van der Waals surface area contributed by atoms with Gasteiger partial charge < -0.3 is 14.8 Å². The van der Waals surface area contributed by atoms with Crippen molar-refractivity contribution >= 4 is 11.8 Å². The number of hydrogen-bond donors (Lipinski definition) is 1. The van der Waals surface area contributed by atoms with Gasteiger partial charge in [0.05, 0.1) is 6.04 Å². The topological polar surface area (TPSA) is 72.2 Å². The Morgan fingerprint density at radius 3 is 2.88 bits per heavy atom. The van der Waals surface area contributed by atoms with E-state index < -0.39 is 0 Å². The van der Waals surface area contributed by atoms with E-state index in [1.807, 2.05) is 27.8 Å². The second-order valence-electron chi connectivity index (χ2n) is 6.60. The summed E-state index contributed by atoms with van der Waals surface area (Å²) < 4.78 is 3.50. The summed E-state index contributed by atoms with van der Waals surface area (Å²) in [4.78, 5) is 26.9. The van der Waals surface area contributed by atoms with Crippen LogP contribution in [0, 0.1) is 5.92 Å². The highest BCUT2D eigenvalue weighted by atomic mass is 16.2. The van der Waals surface area contributed by atoms with E-state index in [1.165, 1.54) is 4.68 Å². The molecule has 7 nitrogen and oxygen atoms in total. The summed E-state index contributed by atoms with van der Waals surface area (Å²) in [5.74, 6) is 0.218. The Hall–Kier alpha value is -2.57. The fourth-order valence-electron chi connectivity index (χ4n) is 3.10. The average molecular weight is 329 g/mol. The van der Waals surface area contributed by atoms with Crippen LogP contribution in [-0.4, -0.2) is 50.2 Å².